The van der Waals surface area contributed by atoms with Gasteiger partial charge in [0.2, 0.25) is 11.8 Å². The average Bonchev–Trinajstić information content (AvgIpc) is 3.06. The number of rotatable bonds is 3. The van der Waals surface area contributed by atoms with E-state index in [4.69, 9.17) is 4.52 Å². The molecule has 2 saturated heterocycles. The van der Waals surface area contributed by atoms with E-state index >= 15 is 0 Å². The van der Waals surface area contributed by atoms with Crippen LogP contribution in [0.2, 0.25) is 0 Å². The third kappa shape index (κ3) is 2.11. The van der Waals surface area contributed by atoms with Crippen LogP contribution in [-0.2, 0) is 9.59 Å². The molecule has 0 radical (unpaired) electrons. The largest absolute Gasteiger partial charge is 0.364 e. The first-order chi connectivity index (χ1) is 9.70. The van der Waals surface area contributed by atoms with Gasteiger partial charge < -0.3 is 14.3 Å². The lowest BCUT2D eigenvalue weighted by Gasteiger charge is -2.40. The van der Waals surface area contributed by atoms with Crippen LogP contribution in [0.5, 0.6) is 0 Å². The van der Waals surface area contributed by atoms with E-state index in [-0.39, 0.29) is 23.8 Å². The highest BCUT2D eigenvalue weighted by molar-refractivity contribution is 5.90. The number of carbonyl (C=O) groups excluding carboxylic acids is 2. The SMILES string of the molecule is C=CC(=O)N1CC(C(=O)N2CCC[C@@H]2c2ccon2)C1. The Kier molecular flexibility index (Phi) is 3.30. The van der Waals surface area contributed by atoms with Gasteiger partial charge in [0.15, 0.2) is 0 Å². The molecule has 2 fully saturated rings. The summed E-state index contributed by atoms with van der Waals surface area (Å²) in [6, 6.07) is 1.83. The molecular weight excluding hydrogens is 258 g/mol. The quantitative estimate of drug-likeness (QED) is 0.771. The molecule has 0 bridgehead atoms. The van der Waals surface area contributed by atoms with E-state index in [1.165, 1.54) is 12.3 Å². The zero-order valence-corrected chi connectivity index (χ0v) is 11.2. The van der Waals surface area contributed by atoms with Crippen LogP contribution in [-0.4, -0.2) is 46.4 Å². The predicted octanol–water partition coefficient (Wildman–Crippen LogP) is 0.982. The van der Waals surface area contributed by atoms with E-state index in [0.29, 0.717) is 13.1 Å². The Hall–Kier alpha value is -2.11. The van der Waals surface area contributed by atoms with Crippen molar-refractivity contribution in [1.82, 2.24) is 15.0 Å². The zero-order chi connectivity index (χ0) is 14.1. The molecule has 1 aromatic rings. The molecule has 6 heteroatoms. The molecule has 2 amide bonds. The first kappa shape index (κ1) is 12.9. The van der Waals surface area contributed by atoms with Crippen molar-refractivity contribution in [3.8, 4) is 0 Å². The summed E-state index contributed by atoms with van der Waals surface area (Å²) in [6.07, 6.45) is 4.71. The highest BCUT2D eigenvalue weighted by Gasteiger charge is 2.41. The number of nitrogens with zero attached hydrogens (tertiary/aromatic N) is 3. The average molecular weight is 275 g/mol. The van der Waals surface area contributed by atoms with Crippen molar-refractivity contribution in [3.05, 3.63) is 30.7 Å². The van der Waals surface area contributed by atoms with Crippen molar-refractivity contribution in [3.63, 3.8) is 0 Å². The normalized spacial score (nSPS) is 22.7. The molecular formula is C14H17N3O3. The van der Waals surface area contributed by atoms with Crippen LogP contribution < -0.4 is 0 Å². The second-order valence-corrected chi connectivity index (χ2v) is 5.26. The van der Waals surface area contributed by atoms with E-state index in [1.807, 2.05) is 11.0 Å². The summed E-state index contributed by atoms with van der Waals surface area (Å²) in [5.41, 5.74) is 0.814. The molecule has 3 heterocycles. The van der Waals surface area contributed by atoms with Gasteiger partial charge >= 0.3 is 0 Å². The fourth-order valence-electron chi connectivity index (χ4n) is 2.91. The summed E-state index contributed by atoms with van der Waals surface area (Å²) in [4.78, 5) is 27.4. The lowest BCUT2D eigenvalue weighted by atomic mass is 9.97. The Morgan fingerprint density at radius 2 is 2.25 bits per heavy atom. The Balaban J connectivity index is 1.63. The number of hydrogen-bond acceptors (Lipinski definition) is 4. The van der Waals surface area contributed by atoms with Gasteiger partial charge in [0.05, 0.1) is 12.0 Å². The molecule has 0 unspecified atom stereocenters. The van der Waals surface area contributed by atoms with Gasteiger partial charge in [0.25, 0.3) is 0 Å². The van der Waals surface area contributed by atoms with Gasteiger partial charge in [0.1, 0.15) is 12.0 Å². The molecule has 20 heavy (non-hydrogen) atoms. The van der Waals surface area contributed by atoms with Crippen LogP contribution in [0.3, 0.4) is 0 Å². The maximum Gasteiger partial charge on any atom is 0.246 e. The highest BCUT2D eigenvalue weighted by Crippen LogP contribution is 2.33. The molecule has 106 valence electrons. The van der Waals surface area contributed by atoms with E-state index < -0.39 is 0 Å². The molecule has 1 atom stereocenters. The topological polar surface area (TPSA) is 66.7 Å². The van der Waals surface area contributed by atoms with Gasteiger partial charge in [-0.2, -0.15) is 0 Å². The molecule has 0 spiro atoms. The highest BCUT2D eigenvalue weighted by atomic mass is 16.5. The molecule has 0 N–H and O–H groups in total. The van der Waals surface area contributed by atoms with E-state index in [9.17, 15) is 9.59 Å². The van der Waals surface area contributed by atoms with Crippen LogP contribution >= 0.6 is 0 Å². The van der Waals surface area contributed by atoms with Gasteiger partial charge in [-0.3, -0.25) is 9.59 Å². The third-order valence-corrected chi connectivity index (χ3v) is 4.05. The van der Waals surface area contributed by atoms with Gasteiger partial charge in [-0.15, -0.1) is 0 Å². The summed E-state index contributed by atoms with van der Waals surface area (Å²) >= 11 is 0. The van der Waals surface area contributed by atoms with Crippen molar-refractivity contribution < 1.29 is 14.1 Å². The maximum absolute atomic E-state index is 12.5. The molecule has 0 aliphatic carbocycles. The van der Waals surface area contributed by atoms with E-state index in [2.05, 4.69) is 11.7 Å². The Labute approximate surface area is 117 Å². The molecule has 3 rings (SSSR count). The predicted molar refractivity (Wildman–Crippen MR) is 70.5 cm³/mol. The second-order valence-electron chi connectivity index (χ2n) is 5.26. The maximum atomic E-state index is 12.5. The summed E-state index contributed by atoms with van der Waals surface area (Å²) in [5, 5.41) is 3.94. The lowest BCUT2D eigenvalue weighted by molar-refractivity contribution is -0.146. The summed E-state index contributed by atoms with van der Waals surface area (Å²) in [5.74, 6) is -0.0847. The van der Waals surface area contributed by atoms with Gasteiger partial charge in [-0.25, -0.2) is 0 Å². The fourth-order valence-corrected chi connectivity index (χ4v) is 2.91. The van der Waals surface area contributed by atoms with Crippen LogP contribution in [0.1, 0.15) is 24.6 Å². The lowest BCUT2D eigenvalue weighted by Crippen LogP contribution is -2.55. The first-order valence-electron chi connectivity index (χ1n) is 6.83. The Bertz CT molecular complexity index is 520. The van der Waals surface area contributed by atoms with E-state index in [0.717, 1.165) is 25.1 Å². The second kappa shape index (κ2) is 5.11. The molecule has 0 saturated carbocycles. The van der Waals surface area contributed by atoms with Crippen molar-refractivity contribution >= 4 is 11.8 Å². The smallest absolute Gasteiger partial charge is 0.246 e. The minimum Gasteiger partial charge on any atom is -0.364 e. The summed E-state index contributed by atoms with van der Waals surface area (Å²) in [7, 11) is 0. The minimum atomic E-state index is -0.108. The van der Waals surface area contributed by atoms with Crippen molar-refractivity contribution in [2.24, 2.45) is 5.92 Å². The minimum absolute atomic E-state index is 0.0189. The number of aromatic nitrogens is 1. The third-order valence-electron chi connectivity index (χ3n) is 4.05. The van der Waals surface area contributed by atoms with Crippen molar-refractivity contribution in [2.75, 3.05) is 19.6 Å². The molecule has 2 aliphatic heterocycles. The number of likely N-dealkylation sites (tertiary alicyclic amines) is 2. The molecule has 1 aromatic heterocycles. The number of carbonyl (C=O) groups is 2. The number of amides is 2. The van der Waals surface area contributed by atoms with Crippen molar-refractivity contribution in [2.45, 2.75) is 18.9 Å². The van der Waals surface area contributed by atoms with Gasteiger partial charge in [-0.1, -0.05) is 11.7 Å². The Morgan fingerprint density at radius 1 is 1.45 bits per heavy atom. The van der Waals surface area contributed by atoms with E-state index in [1.54, 1.807) is 4.90 Å². The zero-order valence-electron chi connectivity index (χ0n) is 11.2. The summed E-state index contributed by atoms with van der Waals surface area (Å²) < 4.78 is 4.87. The molecule has 2 aliphatic rings. The first-order valence-corrected chi connectivity index (χ1v) is 6.83. The Morgan fingerprint density at radius 3 is 2.90 bits per heavy atom. The van der Waals surface area contributed by atoms with Gasteiger partial charge in [0, 0.05) is 25.7 Å². The van der Waals surface area contributed by atoms with Crippen LogP contribution in [0.25, 0.3) is 0 Å². The fraction of sp³-hybridized carbons (Fsp3) is 0.500. The summed E-state index contributed by atoms with van der Waals surface area (Å²) in [6.45, 7) is 5.19. The monoisotopic (exact) mass is 275 g/mol. The van der Waals surface area contributed by atoms with Crippen LogP contribution in [0.4, 0.5) is 0 Å². The molecule has 0 aromatic carbocycles. The van der Waals surface area contributed by atoms with Crippen LogP contribution in [0, 0.1) is 5.92 Å². The number of hydrogen-bond donors (Lipinski definition) is 0. The van der Waals surface area contributed by atoms with Crippen molar-refractivity contribution in [1.29, 1.82) is 0 Å². The standard InChI is InChI=1S/C14H17N3O3/c1-2-13(18)16-8-10(9-16)14(19)17-6-3-4-12(17)11-5-7-20-15-11/h2,5,7,10,12H,1,3-4,6,8-9H2/t12-/m1/s1. The molecule has 6 nitrogen and oxygen atoms in total. The van der Waals surface area contributed by atoms with Gasteiger partial charge in [-0.05, 0) is 18.9 Å². The van der Waals surface area contributed by atoms with Crippen LogP contribution in [0.15, 0.2) is 29.5 Å².